The SMILES string of the molecule is Cc1cc(Nc2cc(C(F)(F)F)ccn2)nc(-c2cn(Cc3cc[nH]n3)nn2)c1. The summed E-state index contributed by atoms with van der Waals surface area (Å²) in [6.45, 7) is 2.30. The number of hydrogen-bond acceptors (Lipinski definition) is 6. The summed E-state index contributed by atoms with van der Waals surface area (Å²) >= 11 is 0. The Hall–Kier alpha value is -3.76. The molecule has 0 aromatic carbocycles. The molecule has 0 saturated carbocycles. The summed E-state index contributed by atoms with van der Waals surface area (Å²) in [7, 11) is 0. The molecule has 29 heavy (non-hydrogen) atoms. The zero-order chi connectivity index (χ0) is 20.4. The molecule has 0 aliphatic heterocycles. The van der Waals surface area contributed by atoms with Crippen molar-refractivity contribution in [1.29, 1.82) is 0 Å². The summed E-state index contributed by atoms with van der Waals surface area (Å²) < 4.78 is 40.3. The number of halogens is 3. The molecule has 8 nitrogen and oxygen atoms in total. The predicted molar refractivity (Wildman–Crippen MR) is 98.2 cm³/mol. The molecule has 0 radical (unpaired) electrons. The van der Waals surface area contributed by atoms with Gasteiger partial charge in [0.05, 0.1) is 29.7 Å². The number of alkyl halides is 3. The second-order valence-corrected chi connectivity index (χ2v) is 6.33. The van der Waals surface area contributed by atoms with Gasteiger partial charge in [-0.3, -0.25) is 5.10 Å². The first kappa shape index (κ1) is 18.6. The van der Waals surface area contributed by atoms with Crippen LogP contribution in [0.1, 0.15) is 16.8 Å². The van der Waals surface area contributed by atoms with Gasteiger partial charge < -0.3 is 5.32 Å². The molecule has 4 rings (SSSR count). The summed E-state index contributed by atoms with van der Waals surface area (Å²) in [5.74, 6) is 0.403. The normalized spacial score (nSPS) is 11.6. The van der Waals surface area contributed by atoms with Crippen LogP contribution < -0.4 is 5.32 Å². The van der Waals surface area contributed by atoms with Crippen LogP contribution in [0, 0.1) is 6.92 Å². The fraction of sp³-hybridized carbons (Fsp3) is 0.167. The largest absolute Gasteiger partial charge is 0.416 e. The molecule has 0 aliphatic rings. The Balaban J connectivity index is 1.58. The van der Waals surface area contributed by atoms with Gasteiger partial charge in [0.1, 0.15) is 17.3 Å². The summed E-state index contributed by atoms with van der Waals surface area (Å²) in [4.78, 5) is 8.36. The lowest BCUT2D eigenvalue weighted by Crippen LogP contribution is -2.06. The van der Waals surface area contributed by atoms with Gasteiger partial charge in [-0.15, -0.1) is 5.10 Å². The molecule has 0 unspecified atom stereocenters. The van der Waals surface area contributed by atoms with Gasteiger partial charge in [0.25, 0.3) is 0 Å². The maximum absolute atomic E-state index is 12.9. The highest BCUT2D eigenvalue weighted by molar-refractivity contribution is 5.61. The van der Waals surface area contributed by atoms with Gasteiger partial charge >= 0.3 is 6.18 Å². The van der Waals surface area contributed by atoms with E-state index in [1.807, 2.05) is 19.1 Å². The zero-order valence-corrected chi connectivity index (χ0v) is 15.1. The minimum Gasteiger partial charge on any atom is -0.325 e. The number of pyridine rings is 2. The Morgan fingerprint density at radius 3 is 2.72 bits per heavy atom. The van der Waals surface area contributed by atoms with Gasteiger partial charge in [0.15, 0.2) is 0 Å². The molecule has 0 aliphatic carbocycles. The van der Waals surface area contributed by atoms with Crippen LogP contribution >= 0.6 is 0 Å². The maximum atomic E-state index is 12.9. The van der Waals surface area contributed by atoms with Gasteiger partial charge in [-0.05, 0) is 42.8 Å². The second kappa shape index (κ2) is 7.34. The van der Waals surface area contributed by atoms with E-state index in [0.717, 1.165) is 29.6 Å². The van der Waals surface area contributed by atoms with Gasteiger partial charge in [-0.25, -0.2) is 14.6 Å². The average molecular weight is 400 g/mol. The van der Waals surface area contributed by atoms with Crippen molar-refractivity contribution in [2.75, 3.05) is 5.32 Å². The number of anilines is 2. The molecular formula is C18H15F3N8. The first-order chi connectivity index (χ1) is 13.9. The van der Waals surface area contributed by atoms with E-state index in [-0.39, 0.29) is 5.82 Å². The van der Waals surface area contributed by atoms with Crippen molar-refractivity contribution in [1.82, 2.24) is 35.2 Å². The van der Waals surface area contributed by atoms with Gasteiger partial charge in [0, 0.05) is 12.4 Å². The summed E-state index contributed by atoms with van der Waals surface area (Å²) in [5, 5.41) is 17.8. The van der Waals surface area contributed by atoms with Crippen molar-refractivity contribution in [3.05, 3.63) is 65.7 Å². The molecule has 0 fully saturated rings. The van der Waals surface area contributed by atoms with Crippen molar-refractivity contribution in [3.63, 3.8) is 0 Å². The van der Waals surface area contributed by atoms with Crippen molar-refractivity contribution >= 4 is 11.6 Å². The fourth-order valence-corrected chi connectivity index (χ4v) is 2.71. The lowest BCUT2D eigenvalue weighted by molar-refractivity contribution is -0.137. The Bertz CT molecular complexity index is 1120. The molecule has 0 saturated heterocycles. The van der Waals surface area contributed by atoms with E-state index < -0.39 is 11.7 Å². The topological polar surface area (TPSA) is 97.2 Å². The molecule has 2 N–H and O–H groups in total. The van der Waals surface area contributed by atoms with E-state index in [4.69, 9.17) is 0 Å². The number of nitrogens with zero attached hydrogens (tertiary/aromatic N) is 6. The molecule has 4 heterocycles. The number of nitrogens with one attached hydrogen (secondary N) is 2. The van der Waals surface area contributed by atoms with Crippen LogP contribution in [0.2, 0.25) is 0 Å². The van der Waals surface area contributed by atoms with Crippen LogP contribution in [0.3, 0.4) is 0 Å². The Morgan fingerprint density at radius 2 is 1.97 bits per heavy atom. The van der Waals surface area contributed by atoms with Gasteiger partial charge in [-0.2, -0.15) is 18.3 Å². The third kappa shape index (κ3) is 4.39. The molecule has 0 bridgehead atoms. The van der Waals surface area contributed by atoms with Crippen molar-refractivity contribution in [3.8, 4) is 11.4 Å². The van der Waals surface area contributed by atoms with Crippen LogP contribution in [0.5, 0.6) is 0 Å². The molecule has 0 amide bonds. The van der Waals surface area contributed by atoms with E-state index in [9.17, 15) is 13.2 Å². The number of hydrogen-bond donors (Lipinski definition) is 2. The minimum absolute atomic E-state index is 0.0473. The van der Waals surface area contributed by atoms with E-state index in [1.165, 1.54) is 0 Å². The predicted octanol–water partition coefficient (Wildman–Crippen LogP) is 3.58. The Kier molecular flexibility index (Phi) is 4.71. The Labute approximate surface area is 162 Å². The second-order valence-electron chi connectivity index (χ2n) is 6.33. The maximum Gasteiger partial charge on any atom is 0.416 e. The summed E-state index contributed by atoms with van der Waals surface area (Å²) in [6.07, 6.45) is 0.0949. The third-order valence-electron chi connectivity index (χ3n) is 4.00. The zero-order valence-electron chi connectivity index (χ0n) is 15.1. The molecule has 4 aromatic rings. The van der Waals surface area contributed by atoms with E-state index in [2.05, 4.69) is 35.8 Å². The highest BCUT2D eigenvalue weighted by Crippen LogP contribution is 2.30. The van der Waals surface area contributed by atoms with Crippen LogP contribution in [0.25, 0.3) is 11.4 Å². The highest BCUT2D eigenvalue weighted by atomic mass is 19.4. The fourth-order valence-electron chi connectivity index (χ4n) is 2.71. The summed E-state index contributed by atoms with van der Waals surface area (Å²) in [5.41, 5.74) is 1.93. The lowest BCUT2D eigenvalue weighted by atomic mass is 10.2. The van der Waals surface area contributed by atoms with Crippen LogP contribution in [-0.4, -0.2) is 35.2 Å². The number of H-pyrrole nitrogens is 1. The van der Waals surface area contributed by atoms with Crippen molar-refractivity contribution in [2.45, 2.75) is 19.6 Å². The molecular weight excluding hydrogens is 385 g/mol. The standard InChI is InChI=1S/C18H15F3N8/c1-11-6-14(15-10-29(28-27-15)9-13-3-5-23-26-13)24-17(7-11)25-16-8-12(2-4-22-16)18(19,20)21/h2-8,10H,9H2,1H3,(H,23,26)(H,22,24,25). The Morgan fingerprint density at radius 1 is 1.10 bits per heavy atom. The minimum atomic E-state index is -4.45. The first-order valence-electron chi connectivity index (χ1n) is 8.55. The molecule has 4 aromatic heterocycles. The van der Waals surface area contributed by atoms with Crippen molar-refractivity contribution < 1.29 is 13.2 Å². The smallest absolute Gasteiger partial charge is 0.325 e. The summed E-state index contributed by atoms with van der Waals surface area (Å²) in [6, 6.07) is 7.20. The quantitative estimate of drug-likeness (QED) is 0.532. The van der Waals surface area contributed by atoms with E-state index in [0.29, 0.717) is 23.8 Å². The monoisotopic (exact) mass is 400 g/mol. The number of aryl methyl sites for hydroxylation is 1. The molecule has 11 heteroatoms. The molecule has 148 valence electrons. The van der Waals surface area contributed by atoms with Crippen LogP contribution in [0.15, 0.2) is 48.9 Å². The molecule has 0 spiro atoms. The molecule has 0 atom stereocenters. The van der Waals surface area contributed by atoms with E-state index >= 15 is 0 Å². The first-order valence-corrected chi connectivity index (χ1v) is 8.55. The van der Waals surface area contributed by atoms with Crippen LogP contribution in [-0.2, 0) is 12.7 Å². The number of aromatic nitrogens is 7. The van der Waals surface area contributed by atoms with E-state index in [1.54, 1.807) is 23.1 Å². The van der Waals surface area contributed by atoms with Crippen LogP contribution in [0.4, 0.5) is 24.8 Å². The highest BCUT2D eigenvalue weighted by Gasteiger charge is 2.30. The number of aromatic amines is 1. The number of rotatable bonds is 5. The van der Waals surface area contributed by atoms with Gasteiger partial charge in [-0.1, -0.05) is 5.21 Å². The van der Waals surface area contributed by atoms with Crippen molar-refractivity contribution in [2.24, 2.45) is 0 Å². The third-order valence-corrected chi connectivity index (χ3v) is 4.00. The lowest BCUT2D eigenvalue weighted by Gasteiger charge is -2.10. The van der Waals surface area contributed by atoms with Gasteiger partial charge in [0.2, 0.25) is 0 Å². The average Bonchev–Trinajstić information content (AvgIpc) is 3.33.